The van der Waals surface area contributed by atoms with Gasteiger partial charge in [0.25, 0.3) is 0 Å². The molecule has 1 heterocycles. The standard InChI is InChI=1S/C21H30N2O3/c1-21(2,3)26-20(24)22-19-17-10-6-5-8-15(17)11-12-18(19)23-13-7-9-16(23)14-25-4/h5-6,8,10-12,16,18-19H,7,9,13-14H2,1-4H3,(H,22,24)/t16-,18-,19-/m0/s1. The first-order chi connectivity index (χ1) is 12.4. The Morgan fingerprint density at radius 3 is 2.81 bits per heavy atom. The lowest BCUT2D eigenvalue weighted by Gasteiger charge is -2.39. The number of hydrogen-bond acceptors (Lipinski definition) is 4. The Bertz CT molecular complexity index is 665. The number of carbonyl (C=O) groups excluding carboxylic acids is 1. The number of ether oxygens (including phenoxy) is 2. The van der Waals surface area contributed by atoms with Gasteiger partial charge in [-0.05, 0) is 51.3 Å². The Balaban J connectivity index is 1.86. The normalized spacial score (nSPS) is 25.8. The molecule has 1 saturated heterocycles. The fraction of sp³-hybridized carbons (Fsp3) is 0.571. The lowest BCUT2D eigenvalue weighted by molar-refractivity contribution is 0.0443. The van der Waals surface area contributed by atoms with Gasteiger partial charge in [0.2, 0.25) is 0 Å². The Morgan fingerprint density at radius 2 is 2.08 bits per heavy atom. The van der Waals surface area contributed by atoms with Crippen LogP contribution in [-0.2, 0) is 9.47 Å². The Labute approximate surface area is 156 Å². The number of nitrogens with zero attached hydrogens (tertiary/aromatic N) is 1. The van der Waals surface area contributed by atoms with Gasteiger partial charge in [0, 0.05) is 13.2 Å². The molecule has 5 nitrogen and oxygen atoms in total. The van der Waals surface area contributed by atoms with E-state index in [-0.39, 0.29) is 18.2 Å². The third-order valence-corrected chi connectivity index (χ3v) is 4.98. The van der Waals surface area contributed by atoms with Crippen LogP contribution < -0.4 is 5.32 Å². The molecule has 1 aromatic carbocycles. The van der Waals surface area contributed by atoms with E-state index in [1.807, 2.05) is 32.9 Å². The molecule has 0 bridgehead atoms. The van der Waals surface area contributed by atoms with Crippen molar-refractivity contribution in [2.75, 3.05) is 20.3 Å². The fourth-order valence-corrected chi connectivity index (χ4v) is 3.96. The summed E-state index contributed by atoms with van der Waals surface area (Å²) in [6.45, 7) is 7.37. The predicted octanol–water partition coefficient (Wildman–Crippen LogP) is 3.76. The molecule has 1 aromatic rings. The van der Waals surface area contributed by atoms with Gasteiger partial charge in [-0.15, -0.1) is 0 Å². The summed E-state index contributed by atoms with van der Waals surface area (Å²) in [5.41, 5.74) is 1.76. The summed E-state index contributed by atoms with van der Waals surface area (Å²) in [6, 6.07) is 8.57. The molecule has 3 rings (SSSR count). The topological polar surface area (TPSA) is 50.8 Å². The third-order valence-electron chi connectivity index (χ3n) is 4.98. The minimum atomic E-state index is -0.518. The maximum atomic E-state index is 12.5. The van der Waals surface area contributed by atoms with Crippen LogP contribution in [0.2, 0.25) is 0 Å². The smallest absolute Gasteiger partial charge is 0.408 e. The zero-order valence-electron chi connectivity index (χ0n) is 16.2. The zero-order valence-corrected chi connectivity index (χ0v) is 16.2. The van der Waals surface area contributed by atoms with E-state index in [4.69, 9.17) is 9.47 Å². The van der Waals surface area contributed by atoms with Gasteiger partial charge in [-0.3, -0.25) is 4.90 Å². The van der Waals surface area contributed by atoms with Crippen molar-refractivity contribution in [2.45, 2.75) is 57.3 Å². The van der Waals surface area contributed by atoms with Crippen LogP contribution in [0.5, 0.6) is 0 Å². The highest BCUT2D eigenvalue weighted by Gasteiger charge is 2.38. The first kappa shape index (κ1) is 18.9. The molecule has 1 N–H and O–H groups in total. The van der Waals surface area contributed by atoms with E-state index in [0.717, 1.165) is 30.5 Å². The minimum absolute atomic E-state index is 0.0973. The molecule has 0 saturated carbocycles. The van der Waals surface area contributed by atoms with E-state index in [0.29, 0.717) is 12.6 Å². The summed E-state index contributed by atoms with van der Waals surface area (Å²) >= 11 is 0. The highest BCUT2D eigenvalue weighted by molar-refractivity contribution is 5.70. The van der Waals surface area contributed by atoms with E-state index in [2.05, 4.69) is 34.5 Å². The van der Waals surface area contributed by atoms with E-state index in [1.165, 1.54) is 0 Å². The number of methoxy groups -OCH3 is 1. The van der Waals surface area contributed by atoms with Crippen LogP contribution in [0.3, 0.4) is 0 Å². The minimum Gasteiger partial charge on any atom is -0.444 e. The van der Waals surface area contributed by atoms with Crippen molar-refractivity contribution in [1.82, 2.24) is 10.2 Å². The highest BCUT2D eigenvalue weighted by atomic mass is 16.6. The molecule has 5 heteroatoms. The monoisotopic (exact) mass is 358 g/mol. The van der Waals surface area contributed by atoms with Crippen molar-refractivity contribution in [2.24, 2.45) is 0 Å². The molecule has 26 heavy (non-hydrogen) atoms. The summed E-state index contributed by atoms with van der Waals surface area (Å²) in [4.78, 5) is 15.0. The number of rotatable bonds is 4. The molecular weight excluding hydrogens is 328 g/mol. The lowest BCUT2D eigenvalue weighted by atomic mass is 9.88. The highest BCUT2D eigenvalue weighted by Crippen LogP contribution is 2.34. The molecular formula is C21H30N2O3. The average Bonchev–Trinajstić information content (AvgIpc) is 3.02. The largest absolute Gasteiger partial charge is 0.444 e. The molecule has 1 fully saturated rings. The Morgan fingerprint density at radius 1 is 1.31 bits per heavy atom. The van der Waals surface area contributed by atoms with Crippen molar-refractivity contribution in [1.29, 1.82) is 0 Å². The van der Waals surface area contributed by atoms with Crippen molar-refractivity contribution in [3.8, 4) is 0 Å². The zero-order chi connectivity index (χ0) is 18.7. The van der Waals surface area contributed by atoms with Gasteiger partial charge >= 0.3 is 6.09 Å². The molecule has 142 valence electrons. The summed E-state index contributed by atoms with van der Waals surface area (Å²) in [7, 11) is 1.75. The van der Waals surface area contributed by atoms with Gasteiger partial charge in [-0.25, -0.2) is 4.79 Å². The van der Waals surface area contributed by atoms with Gasteiger partial charge in [0.1, 0.15) is 5.60 Å². The molecule has 0 spiro atoms. The Kier molecular flexibility index (Phi) is 5.68. The fourth-order valence-electron chi connectivity index (χ4n) is 3.96. The Hall–Kier alpha value is -1.85. The number of fused-ring (bicyclic) bond motifs is 1. The molecule has 3 atom stereocenters. The summed E-state index contributed by atoms with van der Waals surface area (Å²) < 4.78 is 10.9. The molecule has 0 aromatic heterocycles. The second kappa shape index (κ2) is 7.80. The van der Waals surface area contributed by atoms with E-state index >= 15 is 0 Å². The second-order valence-electron chi connectivity index (χ2n) is 8.09. The summed E-state index contributed by atoms with van der Waals surface area (Å²) in [5.74, 6) is 0. The van der Waals surface area contributed by atoms with Gasteiger partial charge in [0.15, 0.2) is 0 Å². The molecule has 0 radical (unpaired) electrons. The van der Waals surface area contributed by atoms with Gasteiger partial charge in [-0.1, -0.05) is 36.4 Å². The quantitative estimate of drug-likeness (QED) is 0.890. The van der Waals surface area contributed by atoms with Crippen LogP contribution in [0, 0.1) is 0 Å². The number of amides is 1. The van der Waals surface area contributed by atoms with Gasteiger partial charge in [0.05, 0.1) is 18.7 Å². The van der Waals surface area contributed by atoms with Crippen LogP contribution in [0.25, 0.3) is 6.08 Å². The molecule has 0 unspecified atom stereocenters. The van der Waals surface area contributed by atoms with Crippen LogP contribution in [0.4, 0.5) is 4.79 Å². The van der Waals surface area contributed by atoms with E-state index in [1.54, 1.807) is 7.11 Å². The molecule has 1 aliphatic heterocycles. The molecule has 2 aliphatic rings. The third kappa shape index (κ3) is 4.27. The molecule has 1 aliphatic carbocycles. The lowest BCUT2D eigenvalue weighted by Crippen LogP contribution is -2.50. The van der Waals surface area contributed by atoms with Gasteiger partial charge in [-0.2, -0.15) is 0 Å². The maximum absolute atomic E-state index is 12.5. The van der Waals surface area contributed by atoms with E-state index < -0.39 is 5.60 Å². The van der Waals surface area contributed by atoms with E-state index in [9.17, 15) is 4.79 Å². The first-order valence-electron chi connectivity index (χ1n) is 9.40. The SMILES string of the molecule is COC[C@@H]1CCCN1[C@H]1C=Cc2ccccc2[C@@H]1NC(=O)OC(C)(C)C. The van der Waals surface area contributed by atoms with Crippen molar-refractivity contribution >= 4 is 12.2 Å². The maximum Gasteiger partial charge on any atom is 0.408 e. The summed E-state index contributed by atoms with van der Waals surface area (Å²) in [5, 5.41) is 3.13. The second-order valence-corrected chi connectivity index (χ2v) is 8.09. The van der Waals surface area contributed by atoms with Crippen molar-refractivity contribution in [3.63, 3.8) is 0 Å². The van der Waals surface area contributed by atoms with Crippen molar-refractivity contribution in [3.05, 3.63) is 41.5 Å². The summed E-state index contributed by atoms with van der Waals surface area (Å²) in [6.07, 6.45) is 6.27. The number of alkyl carbamates (subject to hydrolysis) is 1. The number of carbonyl (C=O) groups is 1. The first-order valence-corrected chi connectivity index (χ1v) is 9.40. The predicted molar refractivity (Wildman–Crippen MR) is 103 cm³/mol. The van der Waals surface area contributed by atoms with Gasteiger partial charge < -0.3 is 14.8 Å². The van der Waals surface area contributed by atoms with Crippen LogP contribution in [0.1, 0.15) is 50.8 Å². The number of benzene rings is 1. The number of nitrogens with one attached hydrogen (secondary N) is 1. The number of likely N-dealkylation sites (tertiary alicyclic amines) is 1. The van der Waals surface area contributed by atoms with Crippen LogP contribution in [-0.4, -0.2) is 48.9 Å². The van der Waals surface area contributed by atoms with Crippen LogP contribution in [0.15, 0.2) is 30.3 Å². The average molecular weight is 358 g/mol. The van der Waals surface area contributed by atoms with Crippen LogP contribution >= 0.6 is 0 Å². The molecule has 1 amide bonds. The van der Waals surface area contributed by atoms with Crippen molar-refractivity contribution < 1.29 is 14.3 Å². The number of hydrogen-bond donors (Lipinski definition) is 1.